The highest BCUT2D eigenvalue weighted by Gasteiger charge is 1.98. The van der Waals surface area contributed by atoms with Gasteiger partial charge in [-0.15, -0.1) is 0 Å². The Morgan fingerprint density at radius 3 is 2.50 bits per heavy atom. The molecule has 0 aliphatic heterocycles. The van der Waals surface area contributed by atoms with Crippen molar-refractivity contribution in [3.05, 3.63) is 29.8 Å². The summed E-state index contributed by atoms with van der Waals surface area (Å²) in [5.74, 6) is 0.0517. The number of hydrogen-bond donors (Lipinski definition) is 2. The molecule has 0 spiro atoms. The topological polar surface area (TPSA) is 55.1 Å². The minimum Gasteiger partial charge on any atom is -0.330 e. The van der Waals surface area contributed by atoms with Crippen LogP contribution in [0.2, 0.25) is 0 Å². The molecule has 3 heteroatoms. The number of nitrogens with two attached hydrogens (primary N) is 1. The van der Waals surface area contributed by atoms with E-state index in [0.29, 0.717) is 6.42 Å². The molecular weight excluding hydrogens is 200 g/mol. The van der Waals surface area contributed by atoms with Crippen LogP contribution in [-0.2, 0) is 11.2 Å². The third-order valence-corrected chi connectivity index (χ3v) is 2.48. The fourth-order valence-corrected chi connectivity index (χ4v) is 1.48. The maximum absolute atomic E-state index is 11.2. The molecule has 0 aliphatic carbocycles. The summed E-state index contributed by atoms with van der Waals surface area (Å²) in [6.45, 7) is 2.60. The number of benzene rings is 1. The molecule has 0 radical (unpaired) electrons. The van der Waals surface area contributed by atoms with Gasteiger partial charge in [0.05, 0.1) is 0 Å². The third kappa shape index (κ3) is 4.45. The zero-order valence-electron chi connectivity index (χ0n) is 9.83. The number of nitrogens with one attached hydrogen (secondary N) is 1. The van der Waals surface area contributed by atoms with Crippen LogP contribution in [0.1, 0.15) is 31.7 Å². The number of aryl methyl sites for hydroxylation is 1. The van der Waals surface area contributed by atoms with E-state index in [1.807, 2.05) is 19.1 Å². The number of carbonyl (C=O) groups excluding carboxylic acids is 1. The monoisotopic (exact) mass is 220 g/mol. The molecule has 0 bridgehead atoms. The van der Waals surface area contributed by atoms with Crippen molar-refractivity contribution in [3.8, 4) is 0 Å². The largest absolute Gasteiger partial charge is 0.330 e. The Bertz CT molecular complexity index is 319. The lowest BCUT2D eigenvalue weighted by molar-refractivity contribution is -0.115. The minimum atomic E-state index is 0.0517. The average Bonchev–Trinajstić information content (AvgIpc) is 2.31. The van der Waals surface area contributed by atoms with E-state index in [-0.39, 0.29) is 5.91 Å². The van der Waals surface area contributed by atoms with Gasteiger partial charge in [0, 0.05) is 12.1 Å². The van der Waals surface area contributed by atoms with Crippen molar-refractivity contribution in [1.82, 2.24) is 0 Å². The summed E-state index contributed by atoms with van der Waals surface area (Å²) < 4.78 is 0. The number of carbonyl (C=O) groups is 1. The molecule has 0 fully saturated rings. The molecule has 16 heavy (non-hydrogen) atoms. The van der Waals surface area contributed by atoms with Gasteiger partial charge in [-0.1, -0.05) is 19.1 Å². The van der Waals surface area contributed by atoms with Crippen molar-refractivity contribution >= 4 is 11.6 Å². The average molecular weight is 220 g/mol. The Morgan fingerprint density at radius 2 is 1.94 bits per heavy atom. The molecule has 0 aliphatic rings. The van der Waals surface area contributed by atoms with Gasteiger partial charge in [-0.25, -0.2) is 0 Å². The molecule has 0 saturated carbocycles. The van der Waals surface area contributed by atoms with Gasteiger partial charge in [0.15, 0.2) is 0 Å². The number of amides is 1. The number of rotatable bonds is 6. The Kier molecular flexibility index (Phi) is 5.57. The first-order valence-corrected chi connectivity index (χ1v) is 5.85. The molecule has 0 atom stereocenters. The molecule has 3 nitrogen and oxygen atoms in total. The highest BCUT2D eigenvalue weighted by molar-refractivity contribution is 5.90. The third-order valence-electron chi connectivity index (χ3n) is 2.48. The zero-order chi connectivity index (χ0) is 11.8. The van der Waals surface area contributed by atoms with Crippen LogP contribution < -0.4 is 11.1 Å². The van der Waals surface area contributed by atoms with Gasteiger partial charge in [-0.05, 0) is 43.5 Å². The van der Waals surface area contributed by atoms with Crippen LogP contribution in [0.25, 0.3) is 0 Å². The lowest BCUT2D eigenvalue weighted by Crippen LogP contribution is -2.09. The quantitative estimate of drug-likeness (QED) is 0.723. The first-order valence-electron chi connectivity index (χ1n) is 5.85. The number of hydrogen-bond acceptors (Lipinski definition) is 2. The molecule has 1 aromatic rings. The molecule has 88 valence electrons. The summed E-state index contributed by atoms with van der Waals surface area (Å²) in [6, 6.07) is 8.01. The summed E-state index contributed by atoms with van der Waals surface area (Å²) in [7, 11) is 0. The second-order valence-corrected chi connectivity index (χ2v) is 3.84. The van der Waals surface area contributed by atoms with Crippen LogP contribution in [0.4, 0.5) is 5.69 Å². The highest BCUT2D eigenvalue weighted by atomic mass is 16.1. The number of anilines is 1. The molecule has 3 N–H and O–H groups in total. The van der Waals surface area contributed by atoms with E-state index in [9.17, 15) is 4.79 Å². The van der Waals surface area contributed by atoms with Crippen LogP contribution in [0.5, 0.6) is 0 Å². The van der Waals surface area contributed by atoms with Crippen LogP contribution in [0.3, 0.4) is 0 Å². The second-order valence-electron chi connectivity index (χ2n) is 3.84. The minimum absolute atomic E-state index is 0.0517. The van der Waals surface area contributed by atoms with E-state index < -0.39 is 0 Å². The smallest absolute Gasteiger partial charge is 0.224 e. The van der Waals surface area contributed by atoms with Crippen LogP contribution in [0.15, 0.2) is 24.3 Å². The maximum Gasteiger partial charge on any atom is 0.224 e. The highest BCUT2D eigenvalue weighted by Crippen LogP contribution is 2.11. The second kappa shape index (κ2) is 7.01. The van der Waals surface area contributed by atoms with Gasteiger partial charge >= 0.3 is 0 Å². The summed E-state index contributed by atoms with van der Waals surface area (Å²) in [4.78, 5) is 11.2. The summed E-state index contributed by atoms with van der Waals surface area (Å²) >= 11 is 0. The van der Waals surface area contributed by atoms with Crippen LogP contribution >= 0.6 is 0 Å². The van der Waals surface area contributed by atoms with Gasteiger partial charge in [-0.3, -0.25) is 4.79 Å². The van der Waals surface area contributed by atoms with Crippen LogP contribution in [-0.4, -0.2) is 12.5 Å². The normalized spacial score (nSPS) is 10.1. The molecule has 0 unspecified atom stereocenters. The molecule has 0 saturated heterocycles. The van der Waals surface area contributed by atoms with E-state index in [4.69, 9.17) is 5.73 Å². The molecule has 1 amide bonds. The summed E-state index contributed by atoms with van der Waals surface area (Å²) in [5.41, 5.74) is 7.60. The zero-order valence-corrected chi connectivity index (χ0v) is 9.83. The first kappa shape index (κ1) is 12.7. The van der Waals surface area contributed by atoms with Crippen molar-refractivity contribution in [1.29, 1.82) is 0 Å². The molecule has 0 aromatic heterocycles. The lowest BCUT2D eigenvalue weighted by Gasteiger charge is -2.05. The van der Waals surface area contributed by atoms with E-state index >= 15 is 0 Å². The fraction of sp³-hybridized carbons (Fsp3) is 0.462. The Balaban J connectivity index is 2.44. The van der Waals surface area contributed by atoms with Gasteiger partial charge in [0.2, 0.25) is 5.91 Å². The summed E-state index contributed by atoms with van der Waals surface area (Å²) in [5, 5.41) is 2.83. The Morgan fingerprint density at radius 1 is 1.25 bits per heavy atom. The fourth-order valence-electron chi connectivity index (χ4n) is 1.48. The predicted molar refractivity (Wildman–Crippen MR) is 67.4 cm³/mol. The van der Waals surface area contributed by atoms with E-state index in [0.717, 1.165) is 31.5 Å². The first-order chi connectivity index (χ1) is 7.76. The molecule has 1 aromatic carbocycles. The van der Waals surface area contributed by atoms with Crippen molar-refractivity contribution in [2.24, 2.45) is 5.73 Å². The van der Waals surface area contributed by atoms with Crippen molar-refractivity contribution in [2.45, 2.75) is 32.6 Å². The SMILES string of the molecule is CCC(=O)Nc1ccc(CCCCN)cc1. The lowest BCUT2D eigenvalue weighted by atomic mass is 10.1. The van der Waals surface area contributed by atoms with Crippen molar-refractivity contribution < 1.29 is 4.79 Å². The summed E-state index contributed by atoms with van der Waals surface area (Å²) in [6.07, 6.45) is 3.75. The Labute approximate surface area is 97.0 Å². The van der Waals surface area contributed by atoms with E-state index in [1.54, 1.807) is 0 Å². The molecule has 0 heterocycles. The van der Waals surface area contributed by atoms with E-state index in [1.165, 1.54) is 5.56 Å². The van der Waals surface area contributed by atoms with Gasteiger partial charge in [0.25, 0.3) is 0 Å². The van der Waals surface area contributed by atoms with Gasteiger partial charge in [0.1, 0.15) is 0 Å². The maximum atomic E-state index is 11.2. The van der Waals surface area contributed by atoms with Gasteiger partial charge in [-0.2, -0.15) is 0 Å². The van der Waals surface area contributed by atoms with Crippen molar-refractivity contribution in [2.75, 3.05) is 11.9 Å². The van der Waals surface area contributed by atoms with Crippen molar-refractivity contribution in [3.63, 3.8) is 0 Å². The number of unbranched alkanes of at least 4 members (excludes halogenated alkanes) is 1. The van der Waals surface area contributed by atoms with Crippen LogP contribution in [0, 0.1) is 0 Å². The standard InChI is InChI=1S/C13H20N2O/c1-2-13(16)15-12-8-6-11(7-9-12)5-3-4-10-14/h6-9H,2-5,10,14H2,1H3,(H,15,16). The van der Waals surface area contributed by atoms with E-state index in [2.05, 4.69) is 17.4 Å². The Hall–Kier alpha value is -1.35. The molecule has 1 rings (SSSR count). The molecular formula is C13H20N2O. The van der Waals surface area contributed by atoms with Gasteiger partial charge < -0.3 is 11.1 Å². The predicted octanol–water partition coefficient (Wildman–Crippen LogP) is 2.32.